The fraction of sp³-hybridized carbons (Fsp3) is 0.467. The minimum absolute atomic E-state index is 0.0440. The summed E-state index contributed by atoms with van der Waals surface area (Å²) in [5, 5.41) is 0.929. The van der Waals surface area contributed by atoms with Crippen molar-refractivity contribution in [2.45, 2.75) is 87.0 Å². The second-order valence-electron chi connectivity index (χ2n) is 7.60. The maximum atomic E-state index is 12.0. The van der Waals surface area contributed by atoms with E-state index in [9.17, 15) is 9.59 Å². The molecule has 1 aliphatic heterocycles. The number of rotatable bonds is 3. The molecule has 216 valence electrons. The van der Waals surface area contributed by atoms with E-state index < -0.39 is 6.16 Å². The van der Waals surface area contributed by atoms with Crippen molar-refractivity contribution in [2.24, 2.45) is 0 Å². The van der Waals surface area contributed by atoms with Gasteiger partial charge in [0.15, 0.2) is 0 Å². The number of carbonyl (C=O) groups is 2. The van der Waals surface area contributed by atoms with Crippen LogP contribution in [0.1, 0.15) is 98.1 Å². The molecular weight excluding hydrogens is 819 g/mol. The summed E-state index contributed by atoms with van der Waals surface area (Å²) in [7, 11) is 0. The van der Waals surface area contributed by atoms with Crippen LogP contribution in [0.3, 0.4) is 0 Å². The van der Waals surface area contributed by atoms with Gasteiger partial charge in [-0.25, -0.2) is 4.79 Å². The first-order valence-electron chi connectivity index (χ1n) is 13.3. The van der Waals surface area contributed by atoms with E-state index >= 15 is 0 Å². The molecule has 0 spiro atoms. The van der Waals surface area contributed by atoms with Crippen LogP contribution in [0.15, 0.2) is 60.8 Å². The van der Waals surface area contributed by atoms with E-state index in [1.54, 1.807) is 0 Å². The number of hydroxylamine groups is 2. The van der Waals surface area contributed by atoms with E-state index in [0.717, 1.165) is 27.3 Å². The van der Waals surface area contributed by atoms with Gasteiger partial charge in [-0.2, -0.15) is 0 Å². The van der Waals surface area contributed by atoms with Crippen LogP contribution in [0.4, 0.5) is 4.79 Å². The molecule has 1 heterocycles. The zero-order valence-electron chi connectivity index (χ0n) is 24.2. The van der Waals surface area contributed by atoms with E-state index in [2.05, 4.69) is 83.6 Å². The first-order chi connectivity index (χ1) is 18.4. The average molecular weight is 864 g/mol. The molecule has 5 nitrogen and oxygen atoms in total. The number of nitrogens with zero attached hydrogens (tertiary/aromatic N) is 1. The van der Waals surface area contributed by atoms with Gasteiger partial charge in [-0.15, -0.1) is 5.06 Å². The summed E-state index contributed by atoms with van der Waals surface area (Å²) in [6.07, 6.45) is 2.41. The van der Waals surface area contributed by atoms with Gasteiger partial charge >= 0.3 is 56.6 Å². The number of benzene rings is 2. The van der Waals surface area contributed by atoms with Crippen LogP contribution in [0.25, 0.3) is 11.1 Å². The zero-order chi connectivity index (χ0) is 29.5. The van der Waals surface area contributed by atoms with Crippen LogP contribution in [-0.2, 0) is 14.4 Å². The van der Waals surface area contributed by atoms with Gasteiger partial charge in [0.05, 0.1) is 5.70 Å². The summed E-state index contributed by atoms with van der Waals surface area (Å²) in [5.74, 6) is -0.323. The normalized spacial score (nSPS) is 12.3. The number of halogens is 3. The number of hydrogen-bond donors (Lipinski definition) is 0. The third kappa shape index (κ3) is 13.5. The van der Waals surface area contributed by atoms with Gasteiger partial charge in [0.2, 0.25) is 0 Å². The molecule has 0 unspecified atom stereocenters. The first-order valence-corrected chi connectivity index (χ1v) is 25.9. The third-order valence-corrected chi connectivity index (χ3v) is 4.64. The molecular formula is C30H45I3NO4-. The molecule has 1 aliphatic carbocycles. The van der Waals surface area contributed by atoms with Crippen molar-refractivity contribution in [1.29, 1.82) is 0 Å². The number of amides is 1. The molecule has 38 heavy (non-hydrogen) atoms. The van der Waals surface area contributed by atoms with E-state index in [0.29, 0.717) is 31.8 Å². The average Bonchev–Trinajstić information content (AvgIpc) is 3.43. The molecule has 0 bridgehead atoms. The molecule has 8 heteroatoms. The minimum atomic E-state index is -0.890. The molecule has 4 rings (SSSR count). The molecule has 0 aromatic heterocycles. The SMILES string of the molecule is C=C1CCC(=O)N1OC(=O)OCC1c2ccccc2-c2ccccc21.CC.CC.CCC.CCC.I[I-]I. The summed E-state index contributed by atoms with van der Waals surface area (Å²) >= 11 is 5.30. The van der Waals surface area contributed by atoms with Crippen LogP contribution in [0.5, 0.6) is 0 Å². The van der Waals surface area contributed by atoms with Crippen LogP contribution in [0, 0.1) is 0 Å². The standard InChI is InChI=1S/C20H17NO4.2C3H8.2C2H6.I3/c1-13-10-11-19(22)21(13)25-20(23)24-12-18-16-8-4-2-6-14(16)15-7-3-5-9-17(15)18;2*1-3-2;2*1-2;1-3-2/h2-9,18H,1,10-12H2;2*3H2,1-2H3;2*1-2H3;/q;;;;;-1. The monoisotopic (exact) mass is 864 g/mol. The quantitative estimate of drug-likeness (QED) is 0.235. The van der Waals surface area contributed by atoms with Crippen molar-refractivity contribution in [3.8, 4) is 11.1 Å². The van der Waals surface area contributed by atoms with Gasteiger partial charge in [0, 0.05) is 12.3 Å². The summed E-state index contributed by atoms with van der Waals surface area (Å²) in [5.41, 5.74) is 5.03. The molecule has 2 aliphatic rings. The summed E-state index contributed by atoms with van der Waals surface area (Å²) in [6.45, 7) is 20.4. The van der Waals surface area contributed by atoms with Gasteiger partial charge in [0.1, 0.15) is 6.61 Å². The van der Waals surface area contributed by atoms with Crippen LogP contribution in [-0.4, -0.2) is 23.7 Å². The van der Waals surface area contributed by atoms with Crippen molar-refractivity contribution < 1.29 is 32.4 Å². The molecule has 0 atom stereocenters. The molecule has 0 radical (unpaired) electrons. The molecule has 1 saturated heterocycles. The Balaban J connectivity index is 0. The Bertz CT molecular complexity index is 871. The van der Waals surface area contributed by atoms with Crippen molar-refractivity contribution in [1.82, 2.24) is 5.06 Å². The second-order valence-corrected chi connectivity index (χ2v) is 23.8. The van der Waals surface area contributed by atoms with Crippen molar-refractivity contribution in [3.05, 3.63) is 71.9 Å². The number of hydrogen-bond acceptors (Lipinski definition) is 4. The van der Waals surface area contributed by atoms with Gasteiger partial charge < -0.3 is 4.74 Å². The number of fused-ring (bicyclic) bond motifs is 3. The molecule has 0 saturated carbocycles. The topological polar surface area (TPSA) is 55.8 Å². The maximum absolute atomic E-state index is 12.0. The fourth-order valence-corrected chi connectivity index (χ4v) is 3.44. The zero-order valence-corrected chi connectivity index (χ0v) is 30.6. The van der Waals surface area contributed by atoms with Crippen molar-refractivity contribution in [3.63, 3.8) is 0 Å². The van der Waals surface area contributed by atoms with Gasteiger partial charge in [-0.1, -0.05) is 123 Å². The Morgan fingerprint density at radius 1 is 0.895 bits per heavy atom. The van der Waals surface area contributed by atoms with Crippen LogP contribution < -0.4 is 13.3 Å². The Hall–Kier alpha value is -0.890. The molecule has 2 aromatic rings. The number of allylic oxidation sites excluding steroid dienone is 1. The fourth-order valence-electron chi connectivity index (χ4n) is 3.44. The molecule has 0 N–H and O–H groups in total. The summed E-state index contributed by atoms with van der Waals surface area (Å²) in [6, 6.07) is 16.2. The molecule has 2 aromatic carbocycles. The Morgan fingerprint density at radius 3 is 1.66 bits per heavy atom. The Labute approximate surface area is 261 Å². The summed E-state index contributed by atoms with van der Waals surface area (Å²) in [4.78, 5) is 28.6. The van der Waals surface area contributed by atoms with E-state index in [1.165, 1.54) is 12.8 Å². The van der Waals surface area contributed by atoms with Gasteiger partial charge in [-0.3, -0.25) is 9.63 Å². The van der Waals surface area contributed by atoms with Gasteiger partial charge in [-0.05, 0) is 28.7 Å². The third-order valence-electron chi connectivity index (χ3n) is 4.64. The molecule has 1 amide bonds. The number of ether oxygens (including phenoxy) is 1. The predicted molar refractivity (Wildman–Crippen MR) is 174 cm³/mol. The van der Waals surface area contributed by atoms with E-state index in [4.69, 9.17) is 9.57 Å². The number of carbonyl (C=O) groups excluding carboxylic acids is 2. The van der Waals surface area contributed by atoms with E-state index in [-0.39, 0.29) is 18.4 Å². The van der Waals surface area contributed by atoms with Crippen molar-refractivity contribution >= 4 is 49.3 Å². The van der Waals surface area contributed by atoms with E-state index in [1.807, 2.05) is 64.1 Å². The first kappa shape index (κ1) is 39.3. The Kier molecular flexibility index (Phi) is 25.9. The molecule has 1 fully saturated rings. The Morgan fingerprint density at radius 2 is 1.29 bits per heavy atom. The van der Waals surface area contributed by atoms with Crippen LogP contribution >= 0.6 is 37.2 Å². The van der Waals surface area contributed by atoms with Crippen LogP contribution in [0.2, 0.25) is 0 Å². The van der Waals surface area contributed by atoms with Crippen molar-refractivity contribution in [2.75, 3.05) is 6.61 Å². The summed E-state index contributed by atoms with van der Waals surface area (Å²) < 4.78 is 5.30. The van der Waals surface area contributed by atoms with Gasteiger partial charge in [0.25, 0.3) is 5.91 Å². The predicted octanol–water partition coefficient (Wildman–Crippen LogP) is 7.66. The second kappa shape index (κ2) is 25.1.